The molecule has 0 aromatic rings. The summed E-state index contributed by atoms with van der Waals surface area (Å²) in [5.74, 6) is 0.832. The van der Waals surface area contributed by atoms with Crippen molar-refractivity contribution >= 4 is 0 Å². The van der Waals surface area contributed by atoms with Crippen molar-refractivity contribution in [1.82, 2.24) is 5.32 Å². The van der Waals surface area contributed by atoms with Crippen LogP contribution in [0.5, 0.6) is 0 Å². The number of hydrogen-bond acceptors (Lipinski definition) is 1. The molecule has 0 saturated heterocycles. The Labute approximate surface area is 90.7 Å². The van der Waals surface area contributed by atoms with Gasteiger partial charge in [0.1, 0.15) is 0 Å². The van der Waals surface area contributed by atoms with E-state index in [4.69, 9.17) is 0 Å². The molecule has 14 heavy (non-hydrogen) atoms. The van der Waals surface area contributed by atoms with Crippen LogP contribution in [0.15, 0.2) is 0 Å². The Balaban J connectivity index is 3.84. The molecule has 0 fully saturated rings. The van der Waals surface area contributed by atoms with Crippen molar-refractivity contribution in [3.63, 3.8) is 0 Å². The van der Waals surface area contributed by atoms with Crippen LogP contribution in [0.1, 0.15) is 60.8 Å². The van der Waals surface area contributed by atoms with Crippen molar-refractivity contribution in [1.29, 1.82) is 0 Å². The van der Waals surface area contributed by atoms with Gasteiger partial charge in [0.15, 0.2) is 0 Å². The Morgan fingerprint density at radius 3 is 2.07 bits per heavy atom. The molecule has 0 aliphatic carbocycles. The Bertz CT molecular complexity index is 135. The lowest BCUT2D eigenvalue weighted by Crippen LogP contribution is -2.30. The van der Waals surface area contributed by atoms with E-state index in [0.717, 1.165) is 18.5 Å². The summed E-state index contributed by atoms with van der Waals surface area (Å²) in [5, 5.41) is 3.55. The first kappa shape index (κ1) is 14.0. The van der Waals surface area contributed by atoms with E-state index in [-0.39, 0.29) is 0 Å². The molecule has 0 aromatic carbocycles. The van der Waals surface area contributed by atoms with E-state index < -0.39 is 0 Å². The highest BCUT2D eigenvalue weighted by Crippen LogP contribution is 2.26. The van der Waals surface area contributed by atoms with E-state index in [1.807, 2.05) is 0 Å². The summed E-state index contributed by atoms with van der Waals surface area (Å²) in [7, 11) is 0. The summed E-state index contributed by atoms with van der Waals surface area (Å²) in [5.41, 5.74) is 0.476. The molecule has 0 aliphatic rings. The van der Waals surface area contributed by atoms with Crippen molar-refractivity contribution in [2.24, 2.45) is 11.3 Å². The van der Waals surface area contributed by atoms with Gasteiger partial charge in [0.2, 0.25) is 0 Å². The second-order valence-corrected chi connectivity index (χ2v) is 5.77. The van der Waals surface area contributed by atoms with Gasteiger partial charge in [-0.15, -0.1) is 0 Å². The van der Waals surface area contributed by atoms with Gasteiger partial charge in [-0.1, -0.05) is 41.5 Å². The van der Waals surface area contributed by atoms with Crippen LogP contribution in [0.4, 0.5) is 0 Å². The Kier molecular flexibility index (Phi) is 6.43. The maximum absolute atomic E-state index is 3.55. The lowest BCUT2D eigenvalue weighted by Gasteiger charge is -2.26. The molecule has 2 unspecified atom stereocenters. The highest BCUT2D eigenvalue weighted by Gasteiger charge is 2.17. The smallest absolute Gasteiger partial charge is 0.00668 e. The first-order chi connectivity index (χ1) is 6.39. The normalized spacial score (nSPS) is 16.7. The third kappa shape index (κ3) is 7.37. The summed E-state index contributed by atoms with van der Waals surface area (Å²) in [4.78, 5) is 0. The van der Waals surface area contributed by atoms with Crippen molar-refractivity contribution in [2.75, 3.05) is 6.54 Å². The first-order valence-electron chi connectivity index (χ1n) is 6.12. The van der Waals surface area contributed by atoms with Gasteiger partial charge in [-0.2, -0.15) is 0 Å². The third-order valence-electron chi connectivity index (χ3n) is 2.63. The predicted molar refractivity (Wildman–Crippen MR) is 65.6 cm³/mol. The van der Waals surface area contributed by atoms with E-state index >= 15 is 0 Å². The quantitative estimate of drug-likeness (QED) is 0.685. The van der Waals surface area contributed by atoms with Gasteiger partial charge in [-0.05, 0) is 37.1 Å². The van der Waals surface area contributed by atoms with Gasteiger partial charge in [0.05, 0.1) is 0 Å². The van der Waals surface area contributed by atoms with Crippen LogP contribution in [0.25, 0.3) is 0 Å². The zero-order chi connectivity index (χ0) is 11.2. The van der Waals surface area contributed by atoms with Crippen LogP contribution in [0.3, 0.4) is 0 Å². The van der Waals surface area contributed by atoms with Crippen molar-refractivity contribution < 1.29 is 0 Å². The lowest BCUT2D eigenvalue weighted by atomic mass is 9.82. The van der Waals surface area contributed by atoms with Gasteiger partial charge in [-0.3, -0.25) is 0 Å². The molecule has 1 heteroatoms. The highest BCUT2D eigenvalue weighted by atomic mass is 14.9. The van der Waals surface area contributed by atoms with E-state index in [1.54, 1.807) is 0 Å². The van der Waals surface area contributed by atoms with E-state index in [0.29, 0.717) is 5.41 Å². The van der Waals surface area contributed by atoms with Crippen LogP contribution in [0, 0.1) is 11.3 Å². The van der Waals surface area contributed by atoms with Crippen molar-refractivity contribution in [2.45, 2.75) is 66.8 Å². The molecular weight excluding hydrogens is 170 g/mol. The maximum atomic E-state index is 3.55. The average molecular weight is 199 g/mol. The summed E-state index contributed by atoms with van der Waals surface area (Å²) >= 11 is 0. The lowest BCUT2D eigenvalue weighted by molar-refractivity contribution is 0.273. The van der Waals surface area contributed by atoms with Gasteiger partial charge in [0, 0.05) is 6.04 Å². The monoisotopic (exact) mass is 199 g/mol. The molecule has 0 spiro atoms. The van der Waals surface area contributed by atoms with Gasteiger partial charge >= 0.3 is 0 Å². The minimum atomic E-state index is 0.476. The fourth-order valence-electron chi connectivity index (χ4n) is 2.30. The summed E-state index contributed by atoms with van der Waals surface area (Å²) < 4.78 is 0. The van der Waals surface area contributed by atoms with Gasteiger partial charge in [0.25, 0.3) is 0 Å². The zero-order valence-electron chi connectivity index (χ0n) is 11.0. The molecule has 0 saturated carbocycles. The molecule has 0 aromatic heterocycles. The fourth-order valence-corrected chi connectivity index (χ4v) is 2.30. The SMILES string of the molecule is CCNC(CC)CC(C)CC(C)(C)C. The molecule has 0 rings (SSSR count). The Morgan fingerprint density at radius 2 is 1.71 bits per heavy atom. The predicted octanol–water partition coefficient (Wildman–Crippen LogP) is 3.84. The van der Waals surface area contributed by atoms with Crippen LogP contribution < -0.4 is 5.32 Å². The fraction of sp³-hybridized carbons (Fsp3) is 1.00. The molecule has 1 nitrogen and oxygen atoms in total. The van der Waals surface area contributed by atoms with E-state index in [9.17, 15) is 0 Å². The van der Waals surface area contributed by atoms with Crippen LogP contribution in [-0.4, -0.2) is 12.6 Å². The molecule has 86 valence electrons. The molecular formula is C13H29N. The Hall–Kier alpha value is -0.0400. The topological polar surface area (TPSA) is 12.0 Å². The molecule has 0 amide bonds. The molecule has 2 atom stereocenters. The van der Waals surface area contributed by atoms with E-state index in [1.165, 1.54) is 19.3 Å². The minimum absolute atomic E-state index is 0.476. The molecule has 0 heterocycles. The second kappa shape index (κ2) is 6.44. The van der Waals surface area contributed by atoms with Crippen molar-refractivity contribution in [3.05, 3.63) is 0 Å². The maximum Gasteiger partial charge on any atom is 0.00668 e. The molecule has 0 bridgehead atoms. The average Bonchev–Trinajstić information content (AvgIpc) is 2.00. The van der Waals surface area contributed by atoms with Crippen molar-refractivity contribution in [3.8, 4) is 0 Å². The zero-order valence-corrected chi connectivity index (χ0v) is 11.0. The van der Waals surface area contributed by atoms with E-state index in [2.05, 4.69) is 46.9 Å². The standard InChI is InChI=1S/C13H29N/c1-7-12(14-8-2)9-11(3)10-13(4,5)6/h11-12,14H,7-10H2,1-6H3. The number of nitrogens with one attached hydrogen (secondary N) is 1. The van der Waals surface area contributed by atoms with Gasteiger partial charge < -0.3 is 5.32 Å². The summed E-state index contributed by atoms with van der Waals surface area (Å²) in [6.45, 7) is 14.9. The molecule has 0 aliphatic heterocycles. The Morgan fingerprint density at radius 1 is 1.14 bits per heavy atom. The number of hydrogen-bond donors (Lipinski definition) is 1. The third-order valence-corrected chi connectivity index (χ3v) is 2.63. The number of rotatable bonds is 6. The molecule has 0 radical (unpaired) electrons. The van der Waals surface area contributed by atoms with Gasteiger partial charge in [-0.25, -0.2) is 0 Å². The van der Waals surface area contributed by atoms with Crippen LogP contribution in [0.2, 0.25) is 0 Å². The summed E-state index contributed by atoms with van der Waals surface area (Å²) in [6.07, 6.45) is 3.90. The van der Waals surface area contributed by atoms with Crippen LogP contribution in [-0.2, 0) is 0 Å². The second-order valence-electron chi connectivity index (χ2n) is 5.77. The largest absolute Gasteiger partial charge is 0.314 e. The first-order valence-corrected chi connectivity index (χ1v) is 6.12. The minimum Gasteiger partial charge on any atom is -0.314 e. The highest BCUT2D eigenvalue weighted by molar-refractivity contribution is 4.72. The summed E-state index contributed by atoms with van der Waals surface area (Å²) in [6, 6.07) is 0.720. The molecule has 1 N–H and O–H groups in total. The van der Waals surface area contributed by atoms with Crippen LogP contribution >= 0.6 is 0 Å².